The average Bonchev–Trinajstić information content (AvgIpc) is 3.63. The van der Waals surface area contributed by atoms with Crippen molar-refractivity contribution >= 4 is 88.0 Å². The van der Waals surface area contributed by atoms with Gasteiger partial charge in [-0.25, -0.2) is 0 Å². The van der Waals surface area contributed by atoms with Gasteiger partial charge in [0.1, 0.15) is 9.79 Å². The zero-order valence-electron chi connectivity index (χ0n) is 20.9. The first-order chi connectivity index (χ1) is 18.0. The van der Waals surface area contributed by atoms with Gasteiger partial charge in [0.25, 0.3) is 10.1 Å². The largest absolute Gasteiger partial charge is 0.377 e. The van der Waals surface area contributed by atoms with E-state index in [1.165, 1.54) is 24.5 Å². The molecule has 2 aromatic carbocycles. The number of halogens is 3. The molecule has 3 aliphatic carbocycles. The molecule has 3 saturated carbocycles. The molecule has 0 amide bonds. The van der Waals surface area contributed by atoms with E-state index in [9.17, 15) is 21.4 Å². The quantitative estimate of drug-likeness (QED) is 0.170. The predicted octanol–water partition coefficient (Wildman–Crippen LogP) is 8.49. The molecule has 0 aliphatic heterocycles. The lowest BCUT2D eigenvalue weighted by molar-refractivity contribution is 0.468. The van der Waals surface area contributed by atoms with Crippen molar-refractivity contribution in [1.29, 1.82) is 0 Å². The second kappa shape index (κ2) is 11.9. The fourth-order valence-electron chi connectivity index (χ4n) is 6.58. The van der Waals surface area contributed by atoms with Crippen molar-refractivity contribution in [2.24, 2.45) is 0 Å². The minimum Gasteiger partial charge on any atom is -0.377 e. The van der Waals surface area contributed by atoms with Gasteiger partial charge in [-0.15, -0.1) is 0 Å². The van der Waals surface area contributed by atoms with E-state index >= 15 is 0 Å². The summed E-state index contributed by atoms with van der Waals surface area (Å²) in [5.41, 5.74) is 3.05. The molecular weight excluding hydrogens is 865 g/mol. The Balaban J connectivity index is 1.70. The molecule has 0 radical (unpaired) electrons. The van der Waals surface area contributed by atoms with Crippen LogP contribution >= 0.6 is 67.8 Å². The molecule has 0 atom stereocenters. The van der Waals surface area contributed by atoms with Crippen LogP contribution in [0.2, 0.25) is 0 Å². The Kier molecular flexibility index (Phi) is 9.31. The fraction of sp³-hybridized carbons (Fsp3) is 0.556. The van der Waals surface area contributed by atoms with Crippen LogP contribution in [-0.4, -0.2) is 21.4 Å². The van der Waals surface area contributed by atoms with Crippen LogP contribution in [0.1, 0.15) is 111 Å². The first-order valence-corrected chi connectivity index (χ1v) is 19.3. The lowest BCUT2D eigenvalue weighted by atomic mass is 9.85. The minimum atomic E-state index is -4.57. The Morgan fingerprint density at radius 2 is 1.11 bits per heavy atom. The Morgan fingerprint density at radius 1 is 0.658 bits per heavy atom. The second-order valence-electron chi connectivity index (χ2n) is 10.8. The highest BCUT2D eigenvalue weighted by molar-refractivity contribution is 14.1. The van der Waals surface area contributed by atoms with E-state index in [1.54, 1.807) is 22.6 Å². The minimum absolute atomic E-state index is 0.0474. The highest BCUT2D eigenvalue weighted by Gasteiger charge is 2.36. The van der Waals surface area contributed by atoms with Gasteiger partial charge in [-0.05, 0) is 147 Å². The standard InChI is InChI=1S/C27H31I3O6S2/c28-22-15-23(29)27(37(31,32)33)24(30)25(22)36-38(34,35)26-20(17-9-3-4-10-17)13-19(16-7-1-2-8-16)14-21(26)18-11-5-6-12-18/h13-18H,1-12H2,(H,31,32,33). The molecule has 6 nitrogen and oxygen atoms in total. The lowest BCUT2D eigenvalue weighted by Crippen LogP contribution is -2.20. The van der Waals surface area contributed by atoms with Crippen molar-refractivity contribution in [2.45, 2.75) is 105 Å². The maximum Gasteiger partial charge on any atom is 0.339 e. The molecule has 208 valence electrons. The zero-order chi connectivity index (χ0) is 27.2. The maximum atomic E-state index is 14.3. The maximum absolute atomic E-state index is 14.3. The summed E-state index contributed by atoms with van der Waals surface area (Å²) in [4.78, 5) is -0.0236. The van der Waals surface area contributed by atoms with E-state index < -0.39 is 20.2 Å². The van der Waals surface area contributed by atoms with Gasteiger partial charge >= 0.3 is 10.1 Å². The Bertz CT molecular complexity index is 1400. The number of benzene rings is 2. The third kappa shape index (κ3) is 6.07. The van der Waals surface area contributed by atoms with Gasteiger partial charge in [-0.1, -0.05) is 50.7 Å². The van der Waals surface area contributed by atoms with Crippen LogP contribution in [0.5, 0.6) is 5.75 Å². The topological polar surface area (TPSA) is 97.7 Å². The van der Waals surface area contributed by atoms with Crippen LogP contribution in [0.25, 0.3) is 0 Å². The Hall–Kier alpha value is 0.290. The third-order valence-corrected chi connectivity index (χ3v) is 14.1. The molecule has 3 fully saturated rings. The molecule has 38 heavy (non-hydrogen) atoms. The fourth-order valence-corrected chi connectivity index (χ4v) is 14.3. The van der Waals surface area contributed by atoms with Crippen LogP contribution in [-0.2, 0) is 20.2 Å². The summed E-state index contributed by atoms with van der Waals surface area (Å²) in [7, 11) is -8.87. The molecule has 5 rings (SSSR count). The van der Waals surface area contributed by atoms with E-state index in [1.807, 2.05) is 45.2 Å². The zero-order valence-corrected chi connectivity index (χ0v) is 29.0. The van der Waals surface area contributed by atoms with Crippen LogP contribution in [0.4, 0.5) is 0 Å². The van der Waals surface area contributed by atoms with Gasteiger partial charge in [0.05, 0.1) is 7.14 Å². The van der Waals surface area contributed by atoms with Crippen molar-refractivity contribution in [3.63, 3.8) is 0 Å². The smallest absolute Gasteiger partial charge is 0.339 e. The van der Waals surface area contributed by atoms with Crippen molar-refractivity contribution < 1.29 is 25.6 Å². The normalized spacial score (nSPS) is 20.0. The van der Waals surface area contributed by atoms with Gasteiger partial charge in [0.15, 0.2) is 5.75 Å². The van der Waals surface area contributed by atoms with E-state index in [-0.39, 0.29) is 26.1 Å². The van der Waals surface area contributed by atoms with Crippen LogP contribution < -0.4 is 4.18 Å². The number of hydrogen-bond acceptors (Lipinski definition) is 5. The van der Waals surface area contributed by atoms with Crippen molar-refractivity contribution in [2.75, 3.05) is 0 Å². The van der Waals surface area contributed by atoms with E-state index in [0.717, 1.165) is 75.3 Å². The lowest BCUT2D eigenvalue weighted by Gasteiger charge is -2.25. The molecule has 0 spiro atoms. The monoisotopic (exact) mass is 896 g/mol. The summed E-state index contributed by atoms with van der Waals surface area (Å²) >= 11 is 5.56. The van der Waals surface area contributed by atoms with E-state index in [0.29, 0.717) is 18.0 Å². The summed E-state index contributed by atoms with van der Waals surface area (Å²) in [6.07, 6.45) is 12.9. The molecule has 0 aromatic heterocycles. The number of rotatable bonds is 7. The highest BCUT2D eigenvalue weighted by atomic mass is 127. The Morgan fingerprint density at radius 3 is 1.55 bits per heavy atom. The molecule has 11 heteroatoms. The van der Waals surface area contributed by atoms with Gasteiger partial charge in [-0.3, -0.25) is 4.55 Å². The number of hydrogen-bond donors (Lipinski definition) is 1. The summed E-state index contributed by atoms with van der Waals surface area (Å²) in [6, 6.07) is 5.85. The second-order valence-corrected chi connectivity index (χ2v) is 17.0. The van der Waals surface area contributed by atoms with Crippen LogP contribution in [0, 0.1) is 10.7 Å². The SMILES string of the molecule is O=S(=O)(O)c1c(I)cc(I)c(OS(=O)(=O)c2c(C3CCCC3)cc(C3CCCC3)cc2C2CCCC2)c1I. The molecule has 0 bridgehead atoms. The predicted molar refractivity (Wildman–Crippen MR) is 172 cm³/mol. The first-order valence-electron chi connectivity index (χ1n) is 13.2. The van der Waals surface area contributed by atoms with Gasteiger partial charge < -0.3 is 4.18 Å². The van der Waals surface area contributed by atoms with Crippen molar-refractivity contribution in [3.8, 4) is 5.75 Å². The molecular formula is C27H31I3O6S2. The van der Waals surface area contributed by atoms with Crippen molar-refractivity contribution in [3.05, 3.63) is 45.6 Å². The molecule has 0 saturated heterocycles. The average molecular weight is 896 g/mol. The molecule has 2 aromatic rings. The molecule has 1 N–H and O–H groups in total. The molecule has 0 unspecified atom stereocenters. The first kappa shape index (κ1) is 29.8. The van der Waals surface area contributed by atoms with E-state index in [2.05, 4.69) is 12.1 Å². The molecule has 3 aliphatic rings. The van der Waals surface area contributed by atoms with E-state index in [4.69, 9.17) is 4.18 Å². The van der Waals surface area contributed by atoms with Crippen LogP contribution in [0.3, 0.4) is 0 Å². The van der Waals surface area contributed by atoms with Gasteiger partial charge in [0.2, 0.25) is 0 Å². The summed E-state index contributed by atoms with van der Waals surface area (Å²) < 4.78 is 69.4. The third-order valence-electron chi connectivity index (χ3n) is 8.37. The van der Waals surface area contributed by atoms with Gasteiger partial charge in [0, 0.05) is 3.57 Å². The summed E-state index contributed by atoms with van der Waals surface area (Å²) in [6.45, 7) is 0. The molecule has 0 heterocycles. The summed E-state index contributed by atoms with van der Waals surface area (Å²) in [5.74, 6) is 0.776. The van der Waals surface area contributed by atoms with Crippen molar-refractivity contribution in [1.82, 2.24) is 0 Å². The Labute approximate surface area is 266 Å². The highest BCUT2D eigenvalue weighted by Crippen LogP contribution is 2.48. The summed E-state index contributed by atoms with van der Waals surface area (Å²) in [5, 5.41) is 0. The van der Waals surface area contributed by atoms with Gasteiger partial charge in [-0.2, -0.15) is 16.8 Å². The van der Waals surface area contributed by atoms with Crippen LogP contribution in [0.15, 0.2) is 28.0 Å².